The fourth-order valence-corrected chi connectivity index (χ4v) is 6.19. The van der Waals surface area contributed by atoms with E-state index in [1.165, 1.54) is 5.56 Å². The summed E-state index contributed by atoms with van der Waals surface area (Å²) < 4.78 is 24.6. The van der Waals surface area contributed by atoms with E-state index in [0.29, 0.717) is 5.11 Å². The van der Waals surface area contributed by atoms with Gasteiger partial charge in [-0.25, -0.2) is 8.42 Å². The van der Waals surface area contributed by atoms with Crippen LogP contribution < -0.4 is 9.80 Å². The Morgan fingerprint density at radius 3 is 1.96 bits per heavy atom. The summed E-state index contributed by atoms with van der Waals surface area (Å²) in [6, 6.07) is 17.8. The number of para-hydroxylation sites is 1. The van der Waals surface area contributed by atoms with Gasteiger partial charge >= 0.3 is 0 Å². The van der Waals surface area contributed by atoms with E-state index in [4.69, 9.17) is 12.2 Å². The van der Waals surface area contributed by atoms with Gasteiger partial charge in [0.2, 0.25) is 0 Å². The van der Waals surface area contributed by atoms with Gasteiger partial charge in [-0.1, -0.05) is 37.3 Å². The Morgan fingerprint density at radius 1 is 0.920 bits per heavy atom. The summed E-state index contributed by atoms with van der Waals surface area (Å²) in [6.07, 6.45) is 0.974. The van der Waals surface area contributed by atoms with Gasteiger partial charge in [-0.3, -0.25) is 0 Å². The highest BCUT2D eigenvalue weighted by Crippen LogP contribution is 2.38. The Morgan fingerprint density at radius 2 is 1.44 bits per heavy atom. The van der Waals surface area contributed by atoms with Crippen molar-refractivity contribution in [2.45, 2.75) is 25.4 Å². The second-order valence-electron chi connectivity index (χ2n) is 6.59. The molecule has 2 aromatic carbocycles. The lowest BCUT2D eigenvalue weighted by molar-refractivity contribution is 0.601. The highest BCUT2D eigenvalue weighted by molar-refractivity contribution is 7.91. The van der Waals surface area contributed by atoms with Crippen LogP contribution in [0, 0.1) is 0 Å². The molecule has 0 saturated carbocycles. The molecule has 0 radical (unpaired) electrons. The molecule has 6 heteroatoms. The van der Waals surface area contributed by atoms with Crippen molar-refractivity contribution in [1.82, 2.24) is 0 Å². The van der Waals surface area contributed by atoms with E-state index in [1.807, 2.05) is 52.3 Å². The monoisotopic (exact) mass is 372 g/mol. The van der Waals surface area contributed by atoms with Gasteiger partial charge in [0.25, 0.3) is 0 Å². The van der Waals surface area contributed by atoms with E-state index in [9.17, 15) is 8.42 Å². The average molecular weight is 373 g/mol. The third kappa shape index (κ3) is 2.83. The SMILES string of the molecule is CCc1ccc(N2C(=S)N(c3ccccc3)[C@H]3CS(=O)(=O)C[C@@H]32)cc1. The number of thiocarbonyl (C=S) groups is 1. The first-order chi connectivity index (χ1) is 12.0. The first-order valence-electron chi connectivity index (χ1n) is 8.47. The van der Waals surface area contributed by atoms with Gasteiger partial charge in [-0.2, -0.15) is 0 Å². The number of sulfone groups is 1. The van der Waals surface area contributed by atoms with Crippen molar-refractivity contribution in [1.29, 1.82) is 0 Å². The maximum absolute atomic E-state index is 12.3. The highest BCUT2D eigenvalue weighted by atomic mass is 32.2. The highest BCUT2D eigenvalue weighted by Gasteiger charge is 2.52. The van der Waals surface area contributed by atoms with Crippen molar-refractivity contribution in [3.63, 3.8) is 0 Å². The molecule has 0 bridgehead atoms. The number of rotatable bonds is 3. The summed E-state index contributed by atoms with van der Waals surface area (Å²) in [6.45, 7) is 2.12. The Kier molecular flexibility index (Phi) is 4.04. The van der Waals surface area contributed by atoms with Crippen LogP contribution >= 0.6 is 12.2 Å². The van der Waals surface area contributed by atoms with E-state index >= 15 is 0 Å². The maximum atomic E-state index is 12.3. The summed E-state index contributed by atoms with van der Waals surface area (Å²) in [4.78, 5) is 4.04. The van der Waals surface area contributed by atoms with Gasteiger partial charge in [0.15, 0.2) is 14.9 Å². The quantitative estimate of drug-likeness (QED) is 0.775. The molecule has 2 atom stereocenters. The molecule has 25 heavy (non-hydrogen) atoms. The average Bonchev–Trinajstić information content (AvgIpc) is 3.04. The van der Waals surface area contributed by atoms with Crippen LogP contribution in [-0.2, 0) is 16.3 Å². The molecule has 2 aromatic rings. The molecule has 4 nitrogen and oxygen atoms in total. The predicted octanol–water partition coefficient (Wildman–Crippen LogP) is 3.03. The van der Waals surface area contributed by atoms with Crippen molar-refractivity contribution in [2.24, 2.45) is 0 Å². The molecule has 2 aliphatic rings. The molecular formula is C19H20N2O2S2. The van der Waals surface area contributed by atoms with E-state index < -0.39 is 9.84 Å². The molecule has 2 aliphatic heterocycles. The number of aryl methyl sites for hydroxylation is 1. The van der Waals surface area contributed by atoms with Crippen LogP contribution in [0.2, 0.25) is 0 Å². The van der Waals surface area contributed by atoms with Gasteiger partial charge < -0.3 is 9.80 Å². The van der Waals surface area contributed by atoms with Crippen molar-refractivity contribution in [3.8, 4) is 0 Å². The van der Waals surface area contributed by atoms with Crippen LogP contribution in [0.1, 0.15) is 12.5 Å². The lowest BCUT2D eigenvalue weighted by atomic mass is 10.1. The molecule has 0 aliphatic carbocycles. The van der Waals surface area contributed by atoms with Crippen molar-refractivity contribution in [3.05, 3.63) is 60.2 Å². The lowest BCUT2D eigenvalue weighted by Crippen LogP contribution is -2.37. The molecule has 0 spiro atoms. The Balaban J connectivity index is 1.77. The topological polar surface area (TPSA) is 40.6 Å². The smallest absolute Gasteiger partial charge is 0.181 e. The zero-order chi connectivity index (χ0) is 17.6. The molecule has 2 heterocycles. The number of nitrogens with zero attached hydrogens (tertiary/aromatic N) is 2. The van der Waals surface area contributed by atoms with Crippen LogP contribution in [-0.4, -0.2) is 37.1 Å². The Bertz CT molecular complexity index is 895. The fraction of sp³-hybridized carbons (Fsp3) is 0.316. The van der Waals surface area contributed by atoms with Crippen LogP contribution in [0.3, 0.4) is 0 Å². The minimum Gasteiger partial charge on any atom is -0.312 e. The molecule has 2 fully saturated rings. The number of hydrogen-bond donors (Lipinski definition) is 0. The third-order valence-corrected chi connectivity index (χ3v) is 7.12. The van der Waals surface area contributed by atoms with Gasteiger partial charge in [0.05, 0.1) is 23.6 Å². The summed E-state index contributed by atoms with van der Waals surface area (Å²) in [5.74, 6) is 0.299. The second kappa shape index (κ2) is 6.11. The Hall–Kier alpha value is -1.92. The standard InChI is InChI=1S/C19H20N2O2S2/c1-2-14-8-10-16(11-9-14)21-18-13-25(22,23)12-17(18)20(19(21)24)15-6-4-3-5-7-15/h3-11,17-18H,2,12-13H2,1H3/t17-,18-/m0/s1. The van der Waals surface area contributed by atoms with Crippen LogP contribution in [0.25, 0.3) is 0 Å². The van der Waals surface area contributed by atoms with Crippen LogP contribution in [0.4, 0.5) is 11.4 Å². The number of anilines is 2. The Labute approximate surface area is 154 Å². The third-order valence-electron chi connectivity index (χ3n) is 5.03. The van der Waals surface area contributed by atoms with E-state index in [1.54, 1.807) is 0 Å². The molecule has 2 saturated heterocycles. The molecule has 0 aromatic heterocycles. The lowest BCUT2D eigenvalue weighted by Gasteiger charge is -2.25. The van der Waals surface area contributed by atoms with Crippen LogP contribution in [0.15, 0.2) is 54.6 Å². The molecule has 0 amide bonds. The zero-order valence-electron chi connectivity index (χ0n) is 14.0. The first kappa shape index (κ1) is 16.5. The van der Waals surface area contributed by atoms with Crippen molar-refractivity contribution >= 4 is 38.5 Å². The van der Waals surface area contributed by atoms with Crippen LogP contribution in [0.5, 0.6) is 0 Å². The minimum absolute atomic E-state index is 0.134. The zero-order valence-corrected chi connectivity index (χ0v) is 15.6. The maximum Gasteiger partial charge on any atom is 0.181 e. The summed E-state index contributed by atoms with van der Waals surface area (Å²) >= 11 is 5.77. The molecule has 130 valence electrons. The largest absolute Gasteiger partial charge is 0.312 e. The van der Waals surface area contributed by atoms with Gasteiger partial charge in [-0.05, 0) is 48.5 Å². The van der Waals surface area contributed by atoms with Crippen molar-refractivity contribution < 1.29 is 8.42 Å². The first-order valence-corrected chi connectivity index (χ1v) is 10.7. The summed E-state index contributed by atoms with van der Waals surface area (Å²) in [7, 11) is -3.07. The van der Waals surface area contributed by atoms with E-state index in [-0.39, 0.29) is 23.6 Å². The normalized spacial score (nSPS) is 24.6. The van der Waals surface area contributed by atoms with Gasteiger partial charge in [-0.15, -0.1) is 0 Å². The molecular weight excluding hydrogens is 352 g/mol. The van der Waals surface area contributed by atoms with E-state index in [2.05, 4.69) is 19.1 Å². The van der Waals surface area contributed by atoms with Crippen molar-refractivity contribution in [2.75, 3.05) is 21.3 Å². The second-order valence-corrected chi connectivity index (χ2v) is 9.11. The minimum atomic E-state index is -3.07. The summed E-state index contributed by atoms with van der Waals surface area (Å²) in [5, 5.41) is 0.681. The van der Waals surface area contributed by atoms with Gasteiger partial charge in [0.1, 0.15) is 0 Å². The number of fused-ring (bicyclic) bond motifs is 1. The fourth-order valence-electron chi connectivity index (χ4n) is 3.79. The van der Waals surface area contributed by atoms with E-state index in [0.717, 1.165) is 17.8 Å². The number of benzene rings is 2. The summed E-state index contributed by atoms with van der Waals surface area (Å²) in [5.41, 5.74) is 3.17. The molecule has 4 rings (SSSR count). The predicted molar refractivity (Wildman–Crippen MR) is 106 cm³/mol. The number of hydrogen-bond acceptors (Lipinski definition) is 3. The van der Waals surface area contributed by atoms with Gasteiger partial charge in [0, 0.05) is 11.4 Å². The molecule has 0 N–H and O–H groups in total. The molecule has 0 unspecified atom stereocenters.